The van der Waals surface area contributed by atoms with E-state index >= 15 is 0 Å². The quantitative estimate of drug-likeness (QED) is 0.503. The zero-order valence-electron chi connectivity index (χ0n) is 3.37. The fraction of sp³-hybridized carbons (Fsp3) is 1.00. The van der Waals surface area contributed by atoms with E-state index in [0.717, 1.165) is 0 Å². The van der Waals surface area contributed by atoms with Crippen LogP contribution in [-0.4, -0.2) is 18.5 Å². The first-order valence-corrected chi connectivity index (χ1v) is 2.10. The van der Waals surface area contributed by atoms with E-state index in [1.165, 1.54) is 0 Å². The Morgan fingerprint density at radius 1 is 1.43 bits per heavy atom. The summed E-state index contributed by atoms with van der Waals surface area (Å²) in [5.74, 6) is 0. The van der Waals surface area contributed by atoms with Crippen molar-refractivity contribution in [2.75, 3.05) is 6.67 Å². The van der Waals surface area contributed by atoms with Gasteiger partial charge in [0, 0.05) is 0 Å². The van der Waals surface area contributed by atoms with Crippen LogP contribution in [0, 0.1) is 0 Å². The first-order valence-electron chi connectivity index (χ1n) is 1.66. The van der Waals surface area contributed by atoms with Crippen LogP contribution in [0.4, 0.5) is 13.2 Å². The predicted octanol–water partition coefficient (Wildman–Crippen LogP) is 1.83. The van der Waals surface area contributed by atoms with Gasteiger partial charge in [0.25, 0.3) is 6.43 Å². The third kappa shape index (κ3) is 2.74. The monoisotopic (exact) mass is 132 g/mol. The number of rotatable bonds is 2. The van der Waals surface area contributed by atoms with Crippen molar-refractivity contribution >= 4 is 11.6 Å². The Balaban J connectivity index is 3.14. The lowest BCUT2D eigenvalue weighted by Gasteiger charge is -1.98. The summed E-state index contributed by atoms with van der Waals surface area (Å²) in [7, 11) is 0. The van der Waals surface area contributed by atoms with Crippen LogP contribution in [0.3, 0.4) is 0 Å². The molecule has 0 aliphatic carbocycles. The standard InChI is InChI=1S/C3H4ClF3/c4-2(1-5)3(6)7/h2-3H,1H2. The largest absolute Gasteiger partial charge is 0.257 e. The number of halogens is 4. The maximum absolute atomic E-state index is 11.1. The highest BCUT2D eigenvalue weighted by molar-refractivity contribution is 6.21. The lowest BCUT2D eigenvalue weighted by atomic mass is 10.5. The Morgan fingerprint density at radius 2 is 1.86 bits per heavy atom. The zero-order valence-corrected chi connectivity index (χ0v) is 4.13. The summed E-state index contributed by atoms with van der Waals surface area (Å²) in [4.78, 5) is 0. The Morgan fingerprint density at radius 3 is 1.86 bits per heavy atom. The van der Waals surface area contributed by atoms with Gasteiger partial charge in [-0.3, -0.25) is 0 Å². The molecular formula is C3H4ClF3. The van der Waals surface area contributed by atoms with Crippen LogP contribution in [-0.2, 0) is 0 Å². The average molecular weight is 133 g/mol. The van der Waals surface area contributed by atoms with Crippen LogP contribution in [0.1, 0.15) is 0 Å². The Labute approximate surface area is 44.3 Å². The highest BCUT2D eigenvalue weighted by Gasteiger charge is 2.15. The smallest absolute Gasteiger partial charge is 0.249 e. The minimum Gasteiger partial charge on any atom is -0.249 e. The van der Waals surface area contributed by atoms with Gasteiger partial charge in [0.15, 0.2) is 0 Å². The van der Waals surface area contributed by atoms with Gasteiger partial charge in [-0.1, -0.05) is 0 Å². The second kappa shape index (κ2) is 3.13. The normalized spacial score (nSPS) is 15.0. The van der Waals surface area contributed by atoms with Gasteiger partial charge in [0.1, 0.15) is 12.1 Å². The predicted molar refractivity (Wildman–Crippen MR) is 21.6 cm³/mol. The molecule has 0 aromatic rings. The van der Waals surface area contributed by atoms with Gasteiger partial charge in [-0.15, -0.1) is 11.6 Å². The summed E-state index contributed by atoms with van der Waals surface area (Å²) in [6.45, 7) is -1.17. The summed E-state index contributed by atoms with van der Waals surface area (Å²) in [6.07, 6.45) is -2.74. The number of hydrogen-bond acceptors (Lipinski definition) is 0. The molecule has 0 radical (unpaired) electrons. The zero-order chi connectivity index (χ0) is 5.86. The van der Waals surface area contributed by atoms with E-state index in [-0.39, 0.29) is 0 Å². The first kappa shape index (κ1) is 7.08. The fourth-order valence-corrected chi connectivity index (χ4v) is 0.0673. The average Bonchev–Trinajstić information content (AvgIpc) is 1.65. The van der Waals surface area contributed by atoms with Crippen LogP contribution in [0.25, 0.3) is 0 Å². The van der Waals surface area contributed by atoms with Crippen LogP contribution in [0.15, 0.2) is 0 Å². The van der Waals surface area contributed by atoms with E-state index in [1.54, 1.807) is 0 Å². The topological polar surface area (TPSA) is 0 Å². The number of alkyl halides is 4. The second-order valence-electron chi connectivity index (χ2n) is 1.00. The third-order valence-corrected chi connectivity index (χ3v) is 0.728. The van der Waals surface area contributed by atoms with Crippen LogP contribution in [0.5, 0.6) is 0 Å². The molecule has 0 aliphatic heterocycles. The summed E-state index contributed by atoms with van der Waals surface area (Å²) >= 11 is 4.68. The van der Waals surface area contributed by atoms with Crippen molar-refractivity contribution in [1.82, 2.24) is 0 Å². The highest BCUT2D eigenvalue weighted by atomic mass is 35.5. The molecule has 0 aliphatic rings. The van der Waals surface area contributed by atoms with Gasteiger partial charge >= 0.3 is 0 Å². The van der Waals surface area contributed by atoms with Crippen LogP contribution >= 0.6 is 11.6 Å². The molecular weight excluding hydrogens is 128 g/mol. The summed E-state index contributed by atoms with van der Waals surface area (Å²) in [5.41, 5.74) is 0. The van der Waals surface area contributed by atoms with Gasteiger partial charge in [-0.05, 0) is 0 Å². The molecule has 4 heteroatoms. The molecule has 0 bridgehead atoms. The van der Waals surface area contributed by atoms with E-state index in [4.69, 9.17) is 0 Å². The van der Waals surface area contributed by atoms with E-state index in [9.17, 15) is 13.2 Å². The lowest BCUT2D eigenvalue weighted by molar-refractivity contribution is 0.131. The van der Waals surface area contributed by atoms with Gasteiger partial charge in [-0.25, -0.2) is 13.2 Å². The Kier molecular flexibility index (Phi) is 3.17. The number of hydrogen-bond donors (Lipinski definition) is 0. The fourth-order valence-electron chi connectivity index (χ4n) is 0.0673. The van der Waals surface area contributed by atoms with E-state index in [2.05, 4.69) is 11.6 Å². The summed E-state index contributed by atoms with van der Waals surface area (Å²) < 4.78 is 33.1. The molecule has 0 heterocycles. The van der Waals surface area contributed by atoms with E-state index in [1.807, 2.05) is 0 Å². The molecule has 7 heavy (non-hydrogen) atoms. The van der Waals surface area contributed by atoms with Crippen molar-refractivity contribution in [3.8, 4) is 0 Å². The summed E-state index contributed by atoms with van der Waals surface area (Å²) in [6, 6.07) is 0. The van der Waals surface area contributed by atoms with Crippen molar-refractivity contribution in [3.63, 3.8) is 0 Å². The maximum Gasteiger partial charge on any atom is 0.257 e. The molecule has 44 valence electrons. The van der Waals surface area contributed by atoms with Gasteiger partial charge in [0.2, 0.25) is 0 Å². The second-order valence-corrected chi connectivity index (χ2v) is 1.57. The van der Waals surface area contributed by atoms with Crippen LogP contribution < -0.4 is 0 Å². The molecule has 0 nitrogen and oxygen atoms in total. The van der Waals surface area contributed by atoms with E-state index in [0.29, 0.717) is 0 Å². The molecule has 0 rings (SSSR count). The van der Waals surface area contributed by atoms with Gasteiger partial charge in [-0.2, -0.15) is 0 Å². The molecule has 0 fully saturated rings. The van der Waals surface area contributed by atoms with E-state index < -0.39 is 18.5 Å². The minimum absolute atomic E-state index is 1.17. The first-order chi connectivity index (χ1) is 3.18. The minimum atomic E-state index is -2.74. The molecule has 1 atom stereocenters. The Bertz CT molecular complexity index is 47.4. The van der Waals surface area contributed by atoms with Crippen LogP contribution in [0.2, 0.25) is 0 Å². The molecule has 0 amide bonds. The van der Waals surface area contributed by atoms with Crippen molar-refractivity contribution in [2.45, 2.75) is 11.8 Å². The molecule has 0 saturated heterocycles. The van der Waals surface area contributed by atoms with Crippen molar-refractivity contribution in [2.24, 2.45) is 0 Å². The summed E-state index contributed by atoms with van der Waals surface area (Å²) in [5, 5.41) is -1.63. The molecule has 0 spiro atoms. The third-order valence-electron chi connectivity index (χ3n) is 0.421. The molecule has 0 saturated carbocycles. The van der Waals surface area contributed by atoms with Gasteiger partial charge in [0.05, 0.1) is 0 Å². The lowest BCUT2D eigenvalue weighted by Crippen LogP contribution is -2.11. The maximum atomic E-state index is 11.1. The van der Waals surface area contributed by atoms with Crippen molar-refractivity contribution in [3.05, 3.63) is 0 Å². The Hall–Kier alpha value is 0.0800. The molecule has 0 aromatic carbocycles. The van der Waals surface area contributed by atoms with Crippen molar-refractivity contribution < 1.29 is 13.2 Å². The molecule has 1 unspecified atom stereocenters. The van der Waals surface area contributed by atoms with Gasteiger partial charge < -0.3 is 0 Å². The highest BCUT2D eigenvalue weighted by Crippen LogP contribution is 2.07. The van der Waals surface area contributed by atoms with Crippen molar-refractivity contribution in [1.29, 1.82) is 0 Å². The molecule has 0 N–H and O–H groups in total. The SMILES string of the molecule is FCC(Cl)C(F)F. The molecule has 0 aromatic heterocycles.